The number of hydrogen-bond acceptors (Lipinski definition) is 3. The quantitative estimate of drug-likeness (QED) is 0.761. The highest BCUT2D eigenvalue weighted by Crippen LogP contribution is 2.34. The maximum Gasteiger partial charge on any atom is 0.249 e. The van der Waals surface area contributed by atoms with Gasteiger partial charge >= 0.3 is 0 Å². The van der Waals surface area contributed by atoms with E-state index >= 15 is 0 Å². The second kappa shape index (κ2) is 4.59. The summed E-state index contributed by atoms with van der Waals surface area (Å²) in [5.74, 6) is 0.0364. The van der Waals surface area contributed by atoms with Crippen molar-refractivity contribution < 1.29 is 9.53 Å². The second-order valence-electron chi connectivity index (χ2n) is 4.34. The number of H-pyrrole nitrogens is 1. The van der Waals surface area contributed by atoms with Crippen LogP contribution in [0.1, 0.15) is 10.4 Å². The molecule has 1 amide bonds. The topological polar surface area (TPSA) is 91.9 Å². The van der Waals surface area contributed by atoms with E-state index in [4.69, 9.17) is 15.7 Å². The van der Waals surface area contributed by atoms with Gasteiger partial charge in [-0.15, -0.1) is 0 Å². The molecule has 0 unspecified atom stereocenters. The van der Waals surface area contributed by atoms with Gasteiger partial charge in [-0.1, -0.05) is 18.2 Å². The normalized spacial score (nSPS) is 10.6. The number of primary amides is 1. The number of carbonyl (C=O) groups is 1. The van der Waals surface area contributed by atoms with E-state index in [1.54, 1.807) is 12.1 Å². The molecule has 0 aliphatic rings. The van der Waals surface area contributed by atoms with Crippen LogP contribution in [-0.2, 0) is 0 Å². The summed E-state index contributed by atoms with van der Waals surface area (Å²) < 4.78 is 5.39. The molecule has 3 rings (SSSR count). The molecule has 5 heteroatoms. The lowest BCUT2D eigenvalue weighted by molar-refractivity contribution is 0.100. The molecule has 0 bridgehead atoms. The first kappa shape index (κ1) is 12.1. The number of aromatic nitrogens is 1. The van der Waals surface area contributed by atoms with Gasteiger partial charge in [0.25, 0.3) is 0 Å². The highest BCUT2D eigenvalue weighted by atomic mass is 16.5. The Hall–Kier alpha value is -3.00. The third-order valence-electron chi connectivity index (χ3n) is 3.18. The Morgan fingerprint density at radius 3 is 2.85 bits per heavy atom. The molecular weight excluding hydrogens is 254 g/mol. The molecule has 5 nitrogen and oxygen atoms in total. The van der Waals surface area contributed by atoms with Gasteiger partial charge in [0.05, 0.1) is 5.52 Å². The minimum absolute atomic E-state index is 0.0552. The predicted molar refractivity (Wildman–Crippen MR) is 75.4 cm³/mol. The van der Waals surface area contributed by atoms with Crippen molar-refractivity contribution in [2.45, 2.75) is 0 Å². The molecule has 20 heavy (non-hydrogen) atoms. The minimum atomic E-state index is -0.494. The Morgan fingerprint density at radius 2 is 2.10 bits per heavy atom. The third-order valence-corrected chi connectivity index (χ3v) is 3.18. The van der Waals surface area contributed by atoms with Gasteiger partial charge in [-0.3, -0.25) is 4.79 Å². The maximum absolute atomic E-state index is 11.6. The number of benzene rings is 2. The summed E-state index contributed by atoms with van der Waals surface area (Å²) in [6.07, 6.45) is 0. The van der Waals surface area contributed by atoms with E-state index < -0.39 is 5.91 Å². The van der Waals surface area contributed by atoms with E-state index in [0.29, 0.717) is 16.8 Å². The van der Waals surface area contributed by atoms with Crippen LogP contribution in [0.3, 0.4) is 0 Å². The molecule has 0 saturated heterocycles. The first-order valence-corrected chi connectivity index (χ1v) is 6.05. The average Bonchev–Trinajstić information content (AvgIpc) is 2.84. The Labute approximate surface area is 114 Å². The summed E-state index contributed by atoms with van der Waals surface area (Å²) in [5, 5.41) is 10.3. The number of nitriles is 1. The summed E-state index contributed by atoms with van der Waals surface area (Å²) in [5.41, 5.74) is 7.43. The summed E-state index contributed by atoms with van der Waals surface area (Å²) >= 11 is 0. The van der Waals surface area contributed by atoms with Crippen LogP contribution in [0.4, 0.5) is 0 Å². The number of nitrogens with two attached hydrogens (primary N) is 1. The summed E-state index contributed by atoms with van der Waals surface area (Å²) in [7, 11) is 0. The number of rotatable bonds is 3. The summed E-state index contributed by atoms with van der Waals surface area (Å²) in [4.78, 5) is 14.8. The summed E-state index contributed by atoms with van der Waals surface area (Å²) in [6.45, 7) is -0.0552. The summed E-state index contributed by atoms with van der Waals surface area (Å²) in [6, 6.07) is 12.8. The molecule has 0 fully saturated rings. The third kappa shape index (κ3) is 1.75. The number of nitrogens with one attached hydrogen (secondary N) is 1. The van der Waals surface area contributed by atoms with Crippen molar-refractivity contribution in [1.82, 2.24) is 4.98 Å². The van der Waals surface area contributed by atoms with Crippen molar-refractivity contribution in [3.63, 3.8) is 0 Å². The van der Waals surface area contributed by atoms with Gasteiger partial charge < -0.3 is 15.5 Å². The van der Waals surface area contributed by atoms with Gasteiger partial charge in [0.1, 0.15) is 11.8 Å². The molecule has 0 aliphatic carbocycles. The van der Waals surface area contributed by atoms with Crippen molar-refractivity contribution in [2.75, 3.05) is 6.61 Å². The van der Waals surface area contributed by atoms with Crippen molar-refractivity contribution >= 4 is 27.7 Å². The molecule has 0 atom stereocenters. The van der Waals surface area contributed by atoms with Gasteiger partial charge in [-0.25, -0.2) is 0 Å². The smallest absolute Gasteiger partial charge is 0.249 e. The van der Waals surface area contributed by atoms with Gasteiger partial charge in [0.2, 0.25) is 5.91 Å². The highest BCUT2D eigenvalue weighted by molar-refractivity contribution is 6.18. The molecule has 0 spiro atoms. The molecule has 0 radical (unpaired) electrons. The lowest BCUT2D eigenvalue weighted by Gasteiger charge is -2.05. The predicted octanol–water partition coefficient (Wildman–Crippen LogP) is 2.32. The lowest BCUT2D eigenvalue weighted by Crippen LogP contribution is -2.11. The Bertz CT molecular complexity index is 859. The molecule has 0 aliphatic heterocycles. The molecule has 0 saturated carbocycles. The molecule has 1 aromatic heterocycles. The van der Waals surface area contributed by atoms with E-state index in [2.05, 4.69) is 4.98 Å². The van der Waals surface area contributed by atoms with Crippen LogP contribution in [-0.4, -0.2) is 17.5 Å². The zero-order chi connectivity index (χ0) is 14.1. The van der Waals surface area contributed by atoms with Crippen LogP contribution in [0, 0.1) is 11.3 Å². The van der Waals surface area contributed by atoms with Gasteiger partial charge in [-0.2, -0.15) is 5.26 Å². The molecule has 3 N–H and O–H groups in total. The standard InChI is InChI=1S/C15H11N3O2/c16-7-8-20-12-6-5-10(15(17)19)13-9-3-1-2-4-11(9)18-14(12)13/h1-6,18H,8H2,(H2,17,19). The number of aromatic amines is 1. The number of amides is 1. The number of hydrogen-bond donors (Lipinski definition) is 2. The Kier molecular flexibility index (Phi) is 2.77. The monoisotopic (exact) mass is 265 g/mol. The van der Waals surface area contributed by atoms with E-state index in [1.807, 2.05) is 30.3 Å². The number of nitrogens with zero attached hydrogens (tertiary/aromatic N) is 1. The number of carbonyl (C=O) groups excluding carboxylic acids is 1. The second-order valence-corrected chi connectivity index (χ2v) is 4.34. The first-order valence-electron chi connectivity index (χ1n) is 6.05. The van der Waals surface area contributed by atoms with Crippen LogP contribution >= 0.6 is 0 Å². The van der Waals surface area contributed by atoms with Crippen LogP contribution in [0.25, 0.3) is 21.8 Å². The number of fused-ring (bicyclic) bond motifs is 3. The van der Waals surface area contributed by atoms with Crippen LogP contribution in [0.5, 0.6) is 5.75 Å². The fourth-order valence-corrected chi connectivity index (χ4v) is 2.37. The van der Waals surface area contributed by atoms with E-state index in [9.17, 15) is 4.79 Å². The molecule has 2 aromatic carbocycles. The maximum atomic E-state index is 11.6. The molecular formula is C15H11N3O2. The SMILES string of the molecule is N#CCOc1ccc(C(N)=O)c2c1[nH]c1ccccc12. The minimum Gasteiger partial charge on any atom is -0.477 e. The van der Waals surface area contributed by atoms with Crippen LogP contribution in [0.15, 0.2) is 36.4 Å². The van der Waals surface area contributed by atoms with E-state index in [0.717, 1.165) is 16.3 Å². The van der Waals surface area contributed by atoms with Gasteiger partial charge in [0.15, 0.2) is 6.61 Å². The average molecular weight is 265 g/mol. The van der Waals surface area contributed by atoms with Crippen molar-refractivity contribution in [3.05, 3.63) is 42.0 Å². The largest absolute Gasteiger partial charge is 0.477 e. The Balaban J connectivity index is 2.39. The van der Waals surface area contributed by atoms with Crippen molar-refractivity contribution in [2.24, 2.45) is 5.73 Å². The fourth-order valence-electron chi connectivity index (χ4n) is 2.37. The van der Waals surface area contributed by atoms with E-state index in [1.165, 1.54) is 0 Å². The fraction of sp³-hybridized carbons (Fsp3) is 0.0667. The van der Waals surface area contributed by atoms with Crippen molar-refractivity contribution in [1.29, 1.82) is 5.26 Å². The number of para-hydroxylation sites is 1. The van der Waals surface area contributed by atoms with E-state index in [-0.39, 0.29) is 6.61 Å². The zero-order valence-corrected chi connectivity index (χ0v) is 10.5. The van der Waals surface area contributed by atoms with Crippen LogP contribution in [0.2, 0.25) is 0 Å². The Morgan fingerprint density at radius 1 is 1.30 bits per heavy atom. The molecule has 98 valence electrons. The molecule has 3 aromatic rings. The first-order chi connectivity index (χ1) is 9.72. The van der Waals surface area contributed by atoms with Crippen LogP contribution < -0.4 is 10.5 Å². The van der Waals surface area contributed by atoms with Crippen molar-refractivity contribution in [3.8, 4) is 11.8 Å². The molecule has 1 heterocycles. The zero-order valence-electron chi connectivity index (χ0n) is 10.5. The highest BCUT2D eigenvalue weighted by Gasteiger charge is 2.15. The lowest BCUT2D eigenvalue weighted by atomic mass is 10.1. The van der Waals surface area contributed by atoms with Gasteiger partial charge in [0, 0.05) is 21.9 Å². The van der Waals surface area contributed by atoms with Gasteiger partial charge in [-0.05, 0) is 18.2 Å². The number of ether oxygens (including phenoxy) is 1.